The zero-order valence-electron chi connectivity index (χ0n) is 19.3. The number of hydrogen-bond donors (Lipinski definition) is 2. The lowest BCUT2D eigenvalue weighted by Crippen LogP contribution is -2.55. The molecule has 4 nitrogen and oxygen atoms in total. The monoisotopic (exact) mass is 568 g/mol. The summed E-state index contributed by atoms with van der Waals surface area (Å²) in [7, 11) is 0. The van der Waals surface area contributed by atoms with Crippen molar-refractivity contribution in [3.8, 4) is 5.75 Å². The predicted octanol–water partition coefficient (Wildman–Crippen LogP) is 6.38. The van der Waals surface area contributed by atoms with Gasteiger partial charge in [-0.1, -0.05) is 58.7 Å². The minimum Gasteiger partial charge on any atom is -0.489 e. The Morgan fingerprint density at radius 3 is 2.59 bits per heavy atom. The summed E-state index contributed by atoms with van der Waals surface area (Å²) < 4.78 is 6.14. The van der Waals surface area contributed by atoms with Gasteiger partial charge in [0, 0.05) is 9.65 Å². The summed E-state index contributed by atoms with van der Waals surface area (Å²) >= 11 is 7.93. The number of carboxylic acids is 1. The molecule has 0 bridgehead atoms. The summed E-state index contributed by atoms with van der Waals surface area (Å²) in [5.41, 5.74) is 1.67. The van der Waals surface area contributed by atoms with E-state index in [1.807, 2.05) is 6.92 Å². The molecule has 0 amide bonds. The molecule has 0 aromatic heterocycles. The molecule has 32 heavy (non-hydrogen) atoms. The van der Waals surface area contributed by atoms with Gasteiger partial charge < -0.3 is 14.9 Å². The molecule has 0 spiro atoms. The number of carbonyl (C=O) groups is 1. The van der Waals surface area contributed by atoms with Gasteiger partial charge in [-0.3, -0.25) is 0 Å². The van der Waals surface area contributed by atoms with E-state index in [2.05, 4.69) is 58.7 Å². The van der Waals surface area contributed by atoms with Crippen molar-refractivity contribution in [3.05, 3.63) is 41.0 Å². The van der Waals surface area contributed by atoms with Crippen molar-refractivity contribution in [1.82, 2.24) is 0 Å². The average Bonchev–Trinajstić information content (AvgIpc) is 2.91. The molecule has 6 atom stereocenters. The van der Waals surface area contributed by atoms with Gasteiger partial charge in [-0.2, -0.15) is 0 Å². The largest absolute Gasteiger partial charge is 0.489 e. The van der Waals surface area contributed by atoms with Crippen LogP contribution >= 0.6 is 31.9 Å². The fraction of sp³-hybridized carbons (Fsp3) is 0.654. The van der Waals surface area contributed by atoms with Crippen molar-refractivity contribution in [3.63, 3.8) is 0 Å². The Hall–Kier alpha value is -0.850. The van der Waals surface area contributed by atoms with E-state index in [0.29, 0.717) is 17.0 Å². The van der Waals surface area contributed by atoms with Crippen LogP contribution in [0.25, 0.3) is 0 Å². The van der Waals surface area contributed by atoms with Gasteiger partial charge >= 0.3 is 5.97 Å². The third kappa shape index (κ3) is 4.09. The van der Waals surface area contributed by atoms with Crippen LogP contribution in [0.5, 0.6) is 5.75 Å². The maximum Gasteiger partial charge on any atom is 0.335 e. The molecular formula is C26H34Br2O4. The van der Waals surface area contributed by atoms with Crippen LogP contribution in [-0.4, -0.2) is 38.0 Å². The molecule has 1 fully saturated rings. The summed E-state index contributed by atoms with van der Waals surface area (Å²) in [6.07, 6.45) is 6.62. The van der Waals surface area contributed by atoms with Crippen molar-refractivity contribution in [2.75, 3.05) is 6.61 Å². The molecule has 2 aliphatic carbocycles. The van der Waals surface area contributed by atoms with Gasteiger partial charge in [-0.25, -0.2) is 4.79 Å². The third-order valence-corrected chi connectivity index (χ3v) is 11.7. The van der Waals surface area contributed by atoms with Gasteiger partial charge in [-0.05, 0) is 91.0 Å². The minimum atomic E-state index is -0.916. The first-order valence-corrected chi connectivity index (χ1v) is 13.4. The second-order valence-electron chi connectivity index (χ2n) is 11.1. The molecule has 1 aliphatic heterocycles. The molecule has 6 unspecified atom stereocenters. The Kier molecular flexibility index (Phi) is 6.39. The molecule has 1 aromatic carbocycles. The van der Waals surface area contributed by atoms with Crippen molar-refractivity contribution < 1.29 is 19.7 Å². The van der Waals surface area contributed by atoms with Crippen molar-refractivity contribution in [1.29, 1.82) is 0 Å². The Balaban J connectivity index is 1.73. The highest BCUT2D eigenvalue weighted by molar-refractivity contribution is 9.09. The Bertz CT molecular complexity index is 938. The lowest BCUT2D eigenvalue weighted by Gasteiger charge is -2.56. The first kappa shape index (κ1) is 24.3. The highest BCUT2D eigenvalue weighted by Gasteiger charge is 2.55. The van der Waals surface area contributed by atoms with E-state index in [1.54, 1.807) is 18.2 Å². The van der Waals surface area contributed by atoms with E-state index in [0.717, 1.165) is 43.4 Å². The molecule has 1 aromatic rings. The highest BCUT2D eigenvalue weighted by Crippen LogP contribution is 2.58. The van der Waals surface area contributed by atoms with Crippen LogP contribution < -0.4 is 4.74 Å². The Morgan fingerprint density at radius 2 is 1.91 bits per heavy atom. The molecule has 1 heterocycles. The van der Waals surface area contributed by atoms with E-state index >= 15 is 0 Å². The van der Waals surface area contributed by atoms with Gasteiger partial charge in [0.15, 0.2) is 0 Å². The first-order chi connectivity index (χ1) is 14.9. The lowest BCUT2D eigenvalue weighted by molar-refractivity contribution is -0.106. The van der Waals surface area contributed by atoms with E-state index in [4.69, 9.17) is 4.74 Å². The van der Waals surface area contributed by atoms with E-state index in [-0.39, 0.29) is 27.5 Å². The molecule has 3 aliphatic rings. The zero-order valence-corrected chi connectivity index (χ0v) is 22.5. The number of aliphatic hydroxyl groups is 1. The highest BCUT2D eigenvalue weighted by atomic mass is 79.9. The van der Waals surface area contributed by atoms with Crippen LogP contribution in [0, 0.1) is 22.7 Å². The summed E-state index contributed by atoms with van der Waals surface area (Å²) in [6, 6.07) is 5.19. The van der Waals surface area contributed by atoms with Gasteiger partial charge in [0.1, 0.15) is 12.4 Å². The van der Waals surface area contributed by atoms with Crippen LogP contribution in [0.3, 0.4) is 0 Å². The van der Waals surface area contributed by atoms with Crippen molar-refractivity contribution in [2.24, 2.45) is 22.7 Å². The first-order valence-electron chi connectivity index (χ1n) is 11.5. The SMILES string of the molecule is CC1(O)CCC(Br)C(C)(C)C1CC1(C)C(Br)CC=C2COc3ccc(C(=O)O)cc3CC21. The van der Waals surface area contributed by atoms with Gasteiger partial charge in [0.05, 0.1) is 11.2 Å². The van der Waals surface area contributed by atoms with E-state index < -0.39 is 11.6 Å². The van der Waals surface area contributed by atoms with E-state index in [9.17, 15) is 15.0 Å². The number of alkyl halides is 2. The van der Waals surface area contributed by atoms with Crippen molar-refractivity contribution >= 4 is 37.8 Å². The molecule has 176 valence electrons. The second-order valence-corrected chi connectivity index (χ2v) is 13.3. The average molecular weight is 570 g/mol. The number of carboxylic acid groups (broad SMARTS) is 1. The van der Waals surface area contributed by atoms with Crippen LogP contribution in [0.4, 0.5) is 0 Å². The third-order valence-electron chi connectivity index (χ3n) is 8.68. The smallest absolute Gasteiger partial charge is 0.335 e. The molecule has 0 saturated heterocycles. The fourth-order valence-corrected chi connectivity index (χ4v) is 7.64. The number of ether oxygens (including phenoxy) is 1. The Morgan fingerprint density at radius 1 is 1.19 bits per heavy atom. The summed E-state index contributed by atoms with van der Waals surface area (Å²) in [5, 5.41) is 21.0. The molecule has 4 rings (SSSR count). The number of fused-ring (bicyclic) bond motifs is 2. The molecular weight excluding hydrogens is 536 g/mol. The quantitative estimate of drug-likeness (QED) is 0.327. The maximum atomic E-state index is 11.6. The van der Waals surface area contributed by atoms with Crippen LogP contribution in [0.1, 0.15) is 69.3 Å². The minimum absolute atomic E-state index is 0.0472. The summed E-state index contributed by atoms with van der Waals surface area (Å²) in [5.74, 6) is 0.213. The number of benzene rings is 1. The van der Waals surface area contributed by atoms with Gasteiger partial charge in [0.2, 0.25) is 0 Å². The predicted molar refractivity (Wildman–Crippen MR) is 134 cm³/mol. The van der Waals surface area contributed by atoms with Crippen LogP contribution in [0.2, 0.25) is 0 Å². The summed E-state index contributed by atoms with van der Waals surface area (Å²) in [6.45, 7) is 9.45. The normalized spacial score (nSPS) is 38.5. The second kappa shape index (κ2) is 8.42. The number of rotatable bonds is 3. The van der Waals surface area contributed by atoms with Gasteiger partial charge in [-0.15, -0.1) is 0 Å². The maximum absolute atomic E-state index is 11.6. The van der Waals surface area contributed by atoms with Crippen molar-refractivity contribution in [2.45, 2.75) is 75.1 Å². The number of hydrogen-bond acceptors (Lipinski definition) is 3. The van der Waals surface area contributed by atoms with Crippen LogP contribution in [-0.2, 0) is 6.42 Å². The lowest BCUT2D eigenvalue weighted by atomic mass is 9.53. The number of allylic oxidation sites excluding steroid dienone is 1. The topological polar surface area (TPSA) is 66.8 Å². The molecule has 1 saturated carbocycles. The summed E-state index contributed by atoms with van der Waals surface area (Å²) in [4.78, 5) is 12.2. The molecule has 0 radical (unpaired) electrons. The number of halogens is 2. The fourth-order valence-electron chi connectivity index (χ4n) is 6.40. The molecule has 2 N–H and O–H groups in total. The molecule has 6 heteroatoms. The Labute approximate surface area is 208 Å². The zero-order chi connectivity index (χ0) is 23.5. The standard InChI is InChI=1S/C26H34Br2O4/c1-24(2)20(26(4,31)10-9-21(24)27)13-25(3)18-12-17-11-15(23(29)30)5-7-19(17)32-14-16(18)6-8-22(25)28/h5-7,11,18,20-22,31H,8-10,12-14H2,1-4H3,(H,29,30). The number of aromatic carboxylic acids is 1. The van der Waals surface area contributed by atoms with E-state index in [1.165, 1.54) is 5.57 Å². The van der Waals surface area contributed by atoms with Crippen LogP contribution in [0.15, 0.2) is 29.8 Å². The van der Waals surface area contributed by atoms with Gasteiger partial charge in [0.25, 0.3) is 0 Å².